The van der Waals surface area contributed by atoms with Crippen LogP contribution < -0.4 is 16.4 Å². The Bertz CT molecular complexity index is 895. The van der Waals surface area contributed by atoms with E-state index >= 15 is 0 Å². The lowest BCUT2D eigenvalue weighted by Crippen LogP contribution is -2.54. The fraction of sp³-hybridized carbons (Fsp3) is 0.429. The number of nitrogens with zero attached hydrogens (tertiary/aromatic N) is 1. The number of benzene rings is 1. The Morgan fingerprint density at radius 3 is 2.55 bits per heavy atom. The quantitative estimate of drug-likeness (QED) is 0.655. The van der Waals surface area contributed by atoms with Crippen LogP contribution in [0.5, 0.6) is 0 Å². The summed E-state index contributed by atoms with van der Waals surface area (Å²) >= 11 is 0. The second-order valence-corrected chi connectivity index (χ2v) is 7.85. The molecule has 0 unspecified atom stereocenters. The summed E-state index contributed by atoms with van der Waals surface area (Å²) in [5, 5.41) is 5.38. The summed E-state index contributed by atoms with van der Waals surface area (Å²) in [5.41, 5.74) is 7.59. The highest BCUT2D eigenvalue weighted by atomic mass is 16.2. The summed E-state index contributed by atoms with van der Waals surface area (Å²) in [6.07, 6.45) is 3.04. The molecule has 3 heterocycles. The van der Waals surface area contributed by atoms with E-state index in [0.29, 0.717) is 38.5 Å². The highest BCUT2D eigenvalue weighted by Crippen LogP contribution is 2.35. The maximum absolute atomic E-state index is 13.3. The summed E-state index contributed by atoms with van der Waals surface area (Å²) in [5.74, 6) is -1.47. The average Bonchev–Trinajstić information content (AvgIpc) is 3.32. The monoisotopic (exact) mass is 396 g/mol. The van der Waals surface area contributed by atoms with E-state index < -0.39 is 23.9 Å². The molecule has 4 amide bonds. The Labute approximate surface area is 168 Å². The molecule has 8 heteroatoms. The molecule has 0 radical (unpaired) electrons. The first kappa shape index (κ1) is 19.2. The SMILES string of the molecule is NC(=O)[C@@H]1CC[C@@H]2CC(Cc3ccccc3)=C(NC(=O)[C@@H]3CCC(=O)N3)C(=O)N21. The smallest absolute Gasteiger partial charge is 0.271 e. The summed E-state index contributed by atoms with van der Waals surface area (Å²) < 4.78 is 0. The van der Waals surface area contributed by atoms with Crippen LogP contribution in [-0.4, -0.2) is 46.7 Å². The van der Waals surface area contributed by atoms with Gasteiger partial charge in [0.05, 0.1) is 0 Å². The fourth-order valence-corrected chi connectivity index (χ4v) is 4.50. The van der Waals surface area contributed by atoms with E-state index in [1.807, 2.05) is 30.3 Å². The lowest BCUT2D eigenvalue weighted by atomic mass is 9.92. The average molecular weight is 396 g/mol. The van der Waals surface area contributed by atoms with Crippen LogP contribution in [0.25, 0.3) is 0 Å². The van der Waals surface area contributed by atoms with E-state index in [1.165, 1.54) is 4.90 Å². The van der Waals surface area contributed by atoms with Crippen molar-refractivity contribution in [3.8, 4) is 0 Å². The zero-order chi connectivity index (χ0) is 20.5. The number of carbonyl (C=O) groups excluding carboxylic acids is 4. The van der Waals surface area contributed by atoms with Crippen molar-refractivity contribution in [2.75, 3.05) is 0 Å². The van der Waals surface area contributed by atoms with Gasteiger partial charge in [-0.1, -0.05) is 30.3 Å². The van der Waals surface area contributed by atoms with Gasteiger partial charge in [0.25, 0.3) is 5.91 Å². The number of carbonyl (C=O) groups is 4. The third-order valence-electron chi connectivity index (χ3n) is 5.94. The van der Waals surface area contributed by atoms with Crippen LogP contribution in [0.4, 0.5) is 0 Å². The van der Waals surface area contributed by atoms with E-state index in [4.69, 9.17) is 5.73 Å². The van der Waals surface area contributed by atoms with Crippen molar-refractivity contribution in [3.05, 3.63) is 47.2 Å². The Morgan fingerprint density at radius 1 is 1.14 bits per heavy atom. The molecular formula is C21H24N4O4. The number of hydrogen-bond acceptors (Lipinski definition) is 4. The fourth-order valence-electron chi connectivity index (χ4n) is 4.50. The number of rotatable bonds is 5. The minimum Gasteiger partial charge on any atom is -0.368 e. The van der Waals surface area contributed by atoms with E-state index in [0.717, 1.165) is 11.1 Å². The molecule has 1 aromatic rings. The number of amides is 4. The van der Waals surface area contributed by atoms with Gasteiger partial charge < -0.3 is 21.3 Å². The van der Waals surface area contributed by atoms with Crippen molar-refractivity contribution in [1.29, 1.82) is 0 Å². The normalized spacial score (nSPS) is 26.3. The molecule has 152 valence electrons. The van der Waals surface area contributed by atoms with Crippen LogP contribution in [0.2, 0.25) is 0 Å². The van der Waals surface area contributed by atoms with Gasteiger partial charge in [-0.05, 0) is 43.2 Å². The van der Waals surface area contributed by atoms with E-state index in [1.54, 1.807) is 0 Å². The lowest BCUT2D eigenvalue weighted by molar-refractivity contribution is -0.138. The molecular weight excluding hydrogens is 372 g/mol. The molecule has 0 aliphatic carbocycles. The first-order valence-electron chi connectivity index (χ1n) is 9.92. The second-order valence-electron chi connectivity index (χ2n) is 7.85. The molecule has 8 nitrogen and oxygen atoms in total. The highest BCUT2D eigenvalue weighted by molar-refractivity contribution is 6.03. The van der Waals surface area contributed by atoms with Gasteiger partial charge in [0.2, 0.25) is 17.7 Å². The summed E-state index contributed by atoms with van der Waals surface area (Å²) in [7, 11) is 0. The maximum atomic E-state index is 13.3. The van der Waals surface area contributed by atoms with E-state index in [9.17, 15) is 19.2 Å². The zero-order valence-electron chi connectivity index (χ0n) is 16.0. The second kappa shape index (κ2) is 7.69. The number of nitrogens with one attached hydrogen (secondary N) is 2. The van der Waals surface area contributed by atoms with Gasteiger partial charge in [-0.2, -0.15) is 0 Å². The summed E-state index contributed by atoms with van der Waals surface area (Å²) in [6.45, 7) is 0. The molecule has 2 saturated heterocycles. The zero-order valence-corrected chi connectivity index (χ0v) is 16.0. The van der Waals surface area contributed by atoms with E-state index in [2.05, 4.69) is 10.6 Å². The first-order chi connectivity index (χ1) is 13.9. The molecule has 3 atom stereocenters. The van der Waals surface area contributed by atoms with Gasteiger partial charge >= 0.3 is 0 Å². The van der Waals surface area contributed by atoms with Crippen molar-refractivity contribution in [3.63, 3.8) is 0 Å². The molecule has 29 heavy (non-hydrogen) atoms. The third-order valence-corrected chi connectivity index (χ3v) is 5.94. The molecule has 1 aromatic carbocycles. The van der Waals surface area contributed by atoms with Gasteiger partial charge in [0.1, 0.15) is 17.8 Å². The van der Waals surface area contributed by atoms with Crippen LogP contribution in [0.1, 0.15) is 37.7 Å². The van der Waals surface area contributed by atoms with Crippen molar-refractivity contribution in [1.82, 2.24) is 15.5 Å². The van der Waals surface area contributed by atoms with Crippen LogP contribution in [0, 0.1) is 0 Å². The van der Waals surface area contributed by atoms with Crippen molar-refractivity contribution < 1.29 is 19.2 Å². The molecule has 4 rings (SSSR count). The molecule has 0 aromatic heterocycles. The largest absolute Gasteiger partial charge is 0.368 e. The minimum atomic E-state index is -0.649. The van der Waals surface area contributed by atoms with Crippen LogP contribution in [0.3, 0.4) is 0 Å². The van der Waals surface area contributed by atoms with Gasteiger partial charge in [-0.3, -0.25) is 19.2 Å². The Hall–Kier alpha value is -3.16. The predicted molar refractivity (Wildman–Crippen MR) is 104 cm³/mol. The number of nitrogens with two attached hydrogens (primary N) is 1. The van der Waals surface area contributed by atoms with Crippen LogP contribution >= 0.6 is 0 Å². The molecule has 0 spiro atoms. The third kappa shape index (κ3) is 3.74. The number of hydrogen-bond donors (Lipinski definition) is 3. The predicted octanol–water partition coefficient (Wildman–Crippen LogP) is 0.127. The molecule has 0 bridgehead atoms. The lowest BCUT2D eigenvalue weighted by Gasteiger charge is -2.36. The highest BCUT2D eigenvalue weighted by Gasteiger charge is 2.45. The standard InChI is InChI=1S/C21H24N4O4/c22-19(27)16-8-6-14-11-13(10-12-4-2-1-3-5-12)18(21(29)25(14)16)24-20(28)15-7-9-17(26)23-15/h1-5,14-16H,6-11H2,(H2,22,27)(H,23,26)(H,24,28)/t14-,15+,16+/m1/s1. The topological polar surface area (TPSA) is 122 Å². The first-order valence-corrected chi connectivity index (χ1v) is 9.92. The molecule has 4 N–H and O–H groups in total. The molecule has 3 aliphatic rings. The molecule has 3 aliphatic heterocycles. The van der Waals surface area contributed by atoms with Gasteiger partial charge in [0, 0.05) is 12.5 Å². The number of primary amides is 1. The van der Waals surface area contributed by atoms with E-state index in [-0.39, 0.29) is 23.6 Å². The van der Waals surface area contributed by atoms with Gasteiger partial charge in [0.15, 0.2) is 0 Å². The van der Waals surface area contributed by atoms with Crippen LogP contribution in [-0.2, 0) is 25.6 Å². The van der Waals surface area contributed by atoms with Gasteiger partial charge in [-0.15, -0.1) is 0 Å². The Morgan fingerprint density at radius 2 is 1.90 bits per heavy atom. The summed E-state index contributed by atoms with van der Waals surface area (Å²) in [6, 6.07) is 8.34. The Balaban J connectivity index is 1.64. The van der Waals surface area contributed by atoms with Gasteiger partial charge in [-0.25, -0.2) is 0 Å². The maximum Gasteiger partial charge on any atom is 0.271 e. The molecule has 2 fully saturated rings. The van der Waals surface area contributed by atoms with Crippen LogP contribution in [0.15, 0.2) is 41.6 Å². The molecule has 0 saturated carbocycles. The summed E-state index contributed by atoms with van der Waals surface area (Å²) in [4.78, 5) is 50.8. The minimum absolute atomic E-state index is 0.0921. The van der Waals surface area contributed by atoms with Crippen molar-refractivity contribution in [2.45, 2.75) is 56.7 Å². The number of fused-ring (bicyclic) bond motifs is 1. The van der Waals surface area contributed by atoms with Crippen molar-refractivity contribution >= 4 is 23.6 Å². The van der Waals surface area contributed by atoms with Crippen molar-refractivity contribution in [2.24, 2.45) is 5.73 Å². The Kier molecular flexibility index (Phi) is 5.08.